The van der Waals surface area contributed by atoms with Crippen LogP contribution in [0.25, 0.3) is 11.1 Å². The van der Waals surface area contributed by atoms with Crippen LogP contribution >= 0.6 is 0 Å². The normalized spacial score (nSPS) is 20.1. The molecule has 4 rings (SSSR count). The van der Waals surface area contributed by atoms with Crippen LogP contribution in [-0.4, -0.2) is 47.3 Å². The lowest BCUT2D eigenvalue weighted by atomic mass is 9.89. The van der Waals surface area contributed by atoms with Crippen LogP contribution in [0.4, 0.5) is 0 Å². The number of hydrogen-bond acceptors (Lipinski definition) is 5. The number of nitrogens with zero attached hydrogens (tertiary/aromatic N) is 3. The molecule has 1 saturated heterocycles. The molecule has 1 atom stereocenters. The molecule has 6 nitrogen and oxygen atoms in total. The van der Waals surface area contributed by atoms with Crippen molar-refractivity contribution in [2.45, 2.75) is 59.3 Å². The smallest absolute Gasteiger partial charge is 0.259 e. The molecule has 2 aromatic rings. The molecule has 0 N–H and O–H groups in total. The van der Waals surface area contributed by atoms with Crippen molar-refractivity contribution in [1.82, 2.24) is 15.0 Å². The van der Waals surface area contributed by atoms with E-state index in [1.807, 2.05) is 17.9 Å². The van der Waals surface area contributed by atoms with Gasteiger partial charge in [0.15, 0.2) is 0 Å². The number of ether oxygens (including phenoxy) is 1. The molecule has 2 aromatic heterocycles. The summed E-state index contributed by atoms with van der Waals surface area (Å²) in [5, 5.41) is 5.10. The SMILES string of the molecule is CCN(CC1CCOC1)C(=O)c1cc(C2CC2)nc2onc(CC(C)(C)C)c12. The number of rotatable bonds is 6. The maximum absolute atomic E-state index is 13.6. The molecule has 152 valence electrons. The molecule has 3 heterocycles. The van der Waals surface area contributed by atoms with Gasteiger partial charge in [-0.05, 0) is 44.1 Å². The van der Waals surface area contributed by atoms with Gasteiger partial charge in [-0.25, -0.2) is 4.98 Å². The van der Waals surface area contributed by atoms with E-state index in [0.29, 0.717) is 29.7 Å². The molecule has 0 radical (unpaired) electrons. The average molecular weight is 386 g/mol. The van der Waals surface area contributed by atoms with Crippen LogP contribution < -0.4 is 0 Å². The van der Waals surface area contributed by atoms with Crippen molar-refractivity contribution in [3.8, 4) is 0 Å². The first kappa shape index (κ1) is 19.4. The average Bonchev–Trinajstić information content (AvgIpc) is 3.24. The molecule has 1 amide bonds. The second-order valence-corrected chi connectivity index (χ2v) is 9.49. The number of carbonyl (C=O) groups excluding carboxylic acids is 1. The van der Waals surface area contributed by atoms with Gasteiger partial charge in [-0.2, -0.15) is 0 Å². The van der Waals surface area contributed by atoms with E-state index in [-0.39, 0.29) is 11.3 Å². The van der Waals surface area contributed by atoms with E-state index in [1.165, 1.54) is 0 Å². The molecule has 2 aliphatic rings. The van der Waals surface area contributed by atoms with Crippen LogP contribution in [0.5, 0.6) is 0 Å². The quantitative estimate of drug-likeness (QED) is 0.746. The third-order valence-corrected chi connectivity index (χ3v) is 5.63. The molecule has 0 aromatic carbocycles. The largest absolute Gasteiger partial charge is 0.381 e. The fourth-order valence-electron chi connectivity index (χ4n) is 3.97. The van der Waals surface area contributed by atoms with Crippen LogP contribution in [-0.2, 0) is 11.2 Å². The second kappa shape index (κ2) is 7.47. The molecule has 28 heavy (non-hydrogen) atoms. The lowest BCUT2D eigenvalue weighted by Crippen LogP contribution is -2.35. The molecule has 1 aliphatic carbocycles. The predicted molar refractivity (Wildman–Crippen MR) is 107 cm³/mol. The molecular formula is C22H31N3O3. The Labute approximate surface area is 166 Å². The van der Waals surface area contributed by atoms with Gasteiger partial charge in [0.05, 0.1) is 23.3 Å². The minimum atomic E-state index is 0.0465. The highest BCUT2D eigenvalue weighted by molar-refractivity contribution is 6.06. The number of amides is 1. The molecule has 1 saturated carbocycles. The predicted octanol–water partition coefficient (Wildman–Crippen LogP) is 4.19. The monoisotopic (exact) mass is 385 g/mol. The van der Waals surface area contributed by atoms with Crippen molar-refractivity contribution in [1.29, 1.82) is 0 Å². The minimum Gasteiger partial charge on any atom is -0.381 e. The molecule has 6 heteroatoms. The highest BCUT2D eigenvalue weighted by Gasteiger charge is 2.31. The van der Waals surface area contributed by atoms with Gasteiger partial charge in [0.1, 0.15) is 0 Å². The Kier molecular flexibility index (Phi) is 5.17. The first-order chi connectivity index (χ1) is 13.4. The minimum absolute atomic E-state index is 0.0465. The highest BCUT2D eigenvalue weighted by atomic mass is 16.5. The summed E-state index contributed by atoms with van der Waals surface area (Å²) in [5.41, 5.74) is 3.06. The number of hydrogen-bond donors (Lipinski definition) is 0. The molecular weight excluding hydrogens is 354 g/mol. The lowest BCUT2D eigenvalue weighted by molar-refractivity contribution is 0.0732. The van der Waals surface area contributed by atoms with E-state index in [2.05, 4.69) is 25.9 Å². The van der Waals surface area contributed by atoms with Crippen LogP contribution in [0.15, 0.2) is 10.6 Å². The topological polar surface area (TPSA) is 68.5 Å². The van der Waals surface area contributed by atoms with Gasteiger partial charge in [0.2, 0.25) is 0 Å². The summed E-state index contributed by atoms with van der Waals surface area (Å²) >= 11 is 0. The molecule has 1 unspecified atom stereocenters. The Bertz CT molecular complexity index is 858. The van der Waals surface area contributed by atoms with E-state index in [9.17, 15) is 4.79 Å². The Hall–Kier alpha value is -1.95. The lowest BCUT2D eigenvalue weighted by Gasteiger charge is -2.24. The molecule has 2 fully saturated rings. The number of pyridine rings is 1. The summed E-state index contributed by atoms with van der Waals surface area (Å²) in [6, 6.07) is 2.00. The Morgan fingerprint density at radius 3 is 2.68 bits per heavy atom. The highest BCUT2D eigenvalue weighted by Crippen LogP contribution is 2.41. The van der Waals surface area contributed by atoms with Crippen LogP contribution in [0, 0.1) is 11.3 Å². The van der Waals surface area contributed by atoms with Crippen LogP contribution in [0.1, 0.15) is 74.6 Å². The fourth-order valence-corrected chi connectivity index (χ4v) is 3.97. The Morgan fingerprint density at radius 2 is 2.07 bits per heavy atom. The zero-order chi connectivity index (χ0) is 19.9. The fraction of sp³-hybridized carbons (Fsp3) is 0.682. The van der Waals surface area contributed by atoms with Gasteiger partial charge in [-0.3, -0.25) is 4.79 Å². The maximum atomic E-state index is 13.6. The first-order valence-electron chi connectivity index (χ1n) is 10.5. The van der Waals surface area contributed by atoms with E-state index in [0.717, 1.165) is 62.2 Å². The summed E-state index contributed by atoms with van der Waals surface area (Å²) in [6.45, 7) is 11.5. The molecule has 0 bridgehead atoms. The van der Waals surface area contributed by atoms with Gasteiger partial charge >= 0.3 is 0 Å². The molecule has 0 spiro atoms. The van der Waals surface area contributed by atoms with Crippen molar-refractivity contribution in [2.75, 3.05) is 26.3 Å². The van der Waals surface area contributed by atoms with Crippen molar-refractivity contribution in [3.05, 3.63) is 23.0 Å². The van der Waals surface area contributed by atoms with Crippen molar-refractivity contribution in [2.24, 2.45) is 11.3 Å². The van der Waals surface area contributed by atoms with Gasteiger partial charge in [0.25, 0.3) is 11.6 Å². The van der Waals surface area contributed by atoms with Crippen LogP contribution in [0.3, 0.4) is 0 Å². The third kappa shape index (κ3) is 4.07. The van der Waals surface area contributed by atoms with Crippen molar-refractivity contribution in [3.63, 3.8) is 0 Å². The number of carbonyl (C=O) groups is 1. The number of aromatic nitrogens is 2. The standard InChI is InChI=1S/C22H31N3O3/c1-5-25(12-14-8-9-27-13-14)21(26)16-10-17(15-6-7-15)23-20-19(16)18(24-28-20)11-22(2,3)4/h10,14-15H,5-9,11-13H2,1-4H3. The summed E-state index contributed by atoms with van der Waals surface area (Å²) in [5.74, 6) is 0.924. The van der Waals surface area contributed by atoms with Crippen molar-refractivity contribution >= 4 is 17.0 Å². The summed E-state index contributed by atoms with van der Waals surface area (Å²) in [6.07, 6.45) is 4.02. The number of fused-ring (bicyclic) bond motifs is 1. The summed E-state index contributed by atoms with van der Waals surface area (Å²) in [4.78, 5) is 20.2. The first-order valence-corrected chi connectivity index (χ1v) is 10.5. The Balaban J connectivity index is 1.73. The van der Waals surface area contributed by atoms with Gasteiger partial charge in [-0.15, -0.1) is 0 Å². The van der Waals surface area contributed by atoms with Gasteiger partial charge in [0, 0.05) is 37.2 Å². The van der Waals surface area contributed by atoms with E-state index in [4.69, 9.17) is 14.2 Å². The maximum Gasteiger partial charge on any atom is 0.259 e. The van der Waals surface area contributed by atoms with Crippen molar-refractivity contribution < 1.29 is 14.1 Å². The zero-order valence-electron chi connectivity index (χ0n) is 17.5. The van der Waals surface area contributed by atoms with Gasteiger partial charge < -0.3 is 14.2 Å². The summed E-state index contributed by atoms with van der Waals surface area (Å²) < 4.78 is 11.1. The third-order valence-electron chi connectivity index (χ3n) is 5.63. The van der Waals surface area contributed by atoms with E-state index in [1.54, 1.807) is 0 Å². The second-order valence-electron chi connectivity index (χ2n) is 9.49. The van der Waals surface area contributed by atoms with Crippen LogP contribution in [0.2, 0.25) is 0 Å². The van der Waals surface area contributed by atoms with E-state index >= 15 is 0 Å². The summed E-state index contributed by atoms with van der Waals surface area (Å²) in [7, 11) is 0. The Morgan fingerprint density at radius 1 is 1.29 bits per heavy atom. The zero-order valence-corrected chi connectivity index (χ0v) is 17.5. The van der Waals surface area contributed by atoms with E-state index < -0.39 is 0 Å². The molecule has 1 aliphatic heterocycles. The van der Waals surface area contributed by atoms with Gasteiger partial charge in [-0.1, -0.05) is 25.9 Å².